The Bertz CT molecular complexity index is 882. The Morgan fingerprint density at radius 2 is 2.07 bits per heavy atom. The number of H-pyrrole nitrogens is 1. The summed E-state index contributed by atoms with van der Waals surface area (Å²) in [7, 11) is 0. The fourth-order valence-corrected chi connectivity index (χ4v) is 2.93. The topological polar surface area (TPSA) is 113 Å². The third kappa shape index (κ3) is 4.21. The van der Waals surface area contributed by atoms with E-state index in [0.717, 1.165) is 11.3 Å². The number of carbonyl (C=O) groups is 2. The second-order valence-corrected chi connectivity index (χ2v) is 7.73. The van der Waals surface area contributed by atoms with Gasteiger partial charge in [0, 0.05) is 24.2 Å². The standard InChI is InChI=1S/C19H25N5O3/c1-11-5-6-13(20)15(9-11)21-17(25)16-12-10-24(8-7-14(12)22-23-16)18(26)27-19(2,3)4/h5-6,9H,7-8,10,20H2,1-4H3,(H,21,25)(H,22,23). The van der Waals surface area contributed by atoms with E-state index in [1.165, 1.54) is 0 Å². The number of aryl methyl sites for hydroxylation is 1. The molecule has 0 saturated carbocycles. The van der Waals surface area contributed by atoms with Crippen molar-refractivity contribution in [2.45, 2.75) is 46.3 Å². The van der Waals surface area contributed by atoms with Gasteiger partial charge in [0.1, 0.15) is 5.60 Å². The van der Waals surface area contributed by atoms with Crippen molar-refractivity contribution in [2.24, 2.45) is 0 Å². The molecule has 1 aromatic heterocycles. The van der Waals surface area contributed by atoms with Gasteiger partial charge in [-0.3, -0.25) is 9.89 Å². The molecule has 0 radical (unpaired) electrons. The zero-order valence-electron chi connectivity index (χ0n) is 16.0. The highest BCUT2D eigenvalue weighted by molar-refractivity contribution is 6.05. The Hall–Kier alpha value is -3.03. The zero-order valence-corrected chi connectivity index (χ0v) is 16.0. The first-order valence-electron chi connectivity index (χ1n) is 8.85. The molecule has 4 N–H and O–H groups in total. The molecule has 1 aliphatic rings. The molecule has 0 bridgehead atoms. The fourth-order valence-electron chi connectivity index (χ4n) is 2.93. The van der Waals surface area contributed by atoms with E-state index in [2.05, 4.69) is 15.5 Å². The van der Waals surface area contributed by atoms with Gasteiger partial charge in [0.2, 0.25) is 0 Å². The molecule has 144 valence electrons. The van der Waals surface area contributed by atoms with Crippen LogP contribution in [0.2, 0.25) is 0 Å². The number of fused-ring (bicyclic) bond motifs is 1. The van der Waals surface area contributed by atoms with Crippen LogP contribution < -0.4 is 11.1 Å². The van der Waals surface area contributed by atoms with Gasteiger partial charge in [-0.05, 0) is 45.4 Å². The van der Waals surface area contributed by atoms with Crippen LogP contribution in [0.4, 0.5) is 16.2 Å². The predicted octanol–water partition coefficient (Wildman–Crippen LogP) is 2.85. The second-order valence-electron chi connectivity index (χ2n) is 7.73. The van der Waals surface area contributed by atoms with Crippen LogP contribution in [-0.2, 0) is 17.7 Å². The SMILES string of the molecule is Cc1ccc(N)c(NC(=O)c2n[nH]c3c2CN(C(=O)OC(C)(C)C)CC3)c1. The number of nitrogens with zero attached hydrogens (tertiary/aromatic N) is 2. The van der Waals surface area contributed by atoms with Crippen LogP contribution in [0.15, 0.2) is 18.2 Å². The smallest absolute Gasteiger partial charge is 0.410 e. The lowest BCUT2D eigenvalue weighted by molar-refractivity contribution is 0.0222. The minimum absolute atomic E-state index is 0.263. The molecule has 8 heteroatoms. The lowest BCUT2D eigenvalue weighted by atomic mass is 10.1. The summed E-state index contributed by atoms with van der Waals surface area (Å²) in [5, 5.41) is 9.87. The van der Waals surface area contributed by atoms with Gasteiger partial charge < -0.3 is 20.7 Å². The molecule has 2 heterocycles. The van der Waals surface area contributed by atoms with E-state index in [1.807, 2.05) is 33.8 Å². The number of hydrogen-bond donors (Lipinski definition) is 3. The van der Waals surface area contributed by atoms with Gasteiger partial charge in [-0.15, -0.1) is 0 Å². The summed E-state index contributed by atoms with van der Waals surface area (Å²) >= 11 is 0. The number of nitrogen functional groups attached to an aromatic ring is 1. The number of rotatable bonds is 2. The highest BCUT2D eigenvalue weighted by Gasteiger charge is 2.30. The highest BCUT2D eigenvalue weighted by Crippen LogP contribution is 2.25. The molecule has 2 aromatic rings. The molecule has 0 unspecified atom stereocenters. The van der Waals surface area contributed by atoms with Crippen LogP contribution >= 0.6 is 0 Å². The normalized spacial score (nSPS) is 13.9. The minimum Gasteiger partial charge on any atom is -0.444 e. The Kier molecular flexibility index (Phi) is 4.82. The first-order chi connectivity index (χ1) is 12.6. The molecule has 3 rings (SSSR count). The number of hydrogen-bond acceptors (Lipinski definition) is 5. The number of ether oxygens (including phenoxy) is 1. The third-order valence-corrected chi connectivity index (χ3v) is 4.26. The number of anilines is 2. The molecule has 8 nitrogen and oxygen atoms in total. The minimum atomic E-state index is -0.573. The highest BCUT2D eigenvalue weighted by atomic mass is 16.6. The van der Waals surface area contributed by atoms with E-state index >= 15 is 0 Å². The van der Waals surface area contributed by atoms with Crippen molar-refractivity contribution in [2.75, 3.05) is 17.6 Å². The number of aromatic amines is 1. The number of nitrogens with one attached hydrogen (secondary N) is 2. The van der Waals surface area contributed by atoms with E-state index < -0.39 is 11.7 Å². The van der Waals surface area contributed by atoms with Crippen LogP contribution in [0.25, 0.3) is 0 Å². The van der Waals surface area contributed by atoms with E-state index in [9.17, 15) is 9.59 Å². The van der Waals surface area contributed by atoms with E-state index in [0.29, 0.717) is 29.9 Å². The van der Waals surface area contributed by atoms with E-state index in [-0.39, 0.29) is 18.1 Å². The number of carbonyl (C=O) groups excluding carboxylic acids is 2. The summed E-state index contributed by atoms with van der Waals surface area (Å²) in [4.78, 5) is 26.7. The number of nitrogens with two attached hydrogens (primary N) is 1. The summed E-state index contributed by atoms with van der Waals surface area (Å²) in [5.41, 5.74) is 9.19. The average molecular weight is 371 g/mol. The summed E-state index contributed by atoms with van der Waals surface area (Å²) in [6.07, 6.45) is 0.185. The molecule has 0 aliphatic carbocycles. The summed E-state index contributed by atoms with van der Waals surface area (Å²) in [5.74, 6) is -0.365. The van der Waals surface area contributed by atoms with Crippen molar-refractivity contribution in [1.82, 2.24) is 15.1 Å². The molecule has 0 atom stereocenters. The predicted molar refractivity (Wildman–Crippen MR) is 102 cm³/mol. The lowest BCUT2D eigenvalue weighted by Crippen LogP contribution is -2.40. The van der Waals surface area contributed by atoms with Gasteiger partial charge in [0.05, 0.1) is 17.9 Å². The van der Waals surface area contributed by atoms with Crippen LogP contribution in [0, 0.1) is 6.92 Å². The quantitative estimate of drug-likeness (QED) is 0.703. The first-order valence-corrected chi connectivity index (χ1v) is 8.85. The third-order valence-electron chi connectivity index (χ3n) is 4.26. The van der Waals surface area contributed by atoms with Crippen molar-refractivity contribution in [3.63, 3.8) is 0 Å². The largest absolute Gasteiger partial charge is 0.444 e. The Balaban J connectivity index is 1.78. The van der Waals surface area contributed by atoms with Gasteiger partial charge in [-0.2, -0.15) is 5.10 Å². The lowest BCUT2D eigenvalue weighted by Gasteiger charge is -2.30. The molecular weight excluding hydrogens is 346 g/mol. The van der Waals surface area contributed by atoms with Crippen molar-refractivity contribution >= 4 is 23.4 Å². The molecule has 1 aliphatic heterocycles. The van der Waals surface area contributed by atoms with Gasteiger partial charge in [0.25, 0.3) is 5.91 Å². The van der Waals surface area contributed by atoms with E-state index in [4.69, 9.17) is 10.5 Å². The molecule has 2 amide bonds. The Morgan fingerprint density at radius 3 is 2.78 bits per heavy atom. The van der Waals surface area contributed by atoms with Crippen LogP contribution in [-0.4, -0.2) is 39.2 Å². The van der Waals surface area contributed by atoms with Crippen molar-refractivity contribution in [3.05, 3.63) is 40.7 Å². The van der Waals surface area contributed by atoms with Crippen LogP contribution in [0.5, 0.6) is 0 Å². The van der Waals surface area contributed by atoms with Crippen molar-refractivity contribution < 1.29 is 14.3 Å². The maximum Gasteiger partial charge on any atom is 0.410 e. The summed E-state index contributed by atoms with van der Waals surface area (Å²) in [6.45, 7) is 8.17. The summed E-state index contributed by atoms with van der Waals surface area (Å²) < 4.78 is 5.43. The maximum absolute atomic E-state index is 12.7. The molecule has 0 saturated heterocycles. The van der Waals surface area contributed by atoms with Crippen LogP contribution in [0.3, 0.4) is 0 Å². The first kappa shape index (κ1) is 18.8. The maximum atomic E-state index is 12.7. The zero-order chi connectivity index (χ0) is 19.8. The number of benzene rings is 1. The fraction of sp³-hybridized carbons (Fsp3) is 0.421. The average Bonchev–Trinajstić information content (AvgIpc) is 2.99. The number of amides is 2. The monoisotopic (exact) mass is 371 g/mol. The van der Waals surface area contributed by atoms with Gasteiger partial charge in [0.15, 0.2) is 5.69 Å². The molecule has 27 heavy (non-hydrogen) atoms. The molecular formula is C19H25N5O3. The Morgan fingerprint density at radius 1 is 1.33 bits per heavy atom. The van der Waals surface area contributed by atoms with Gasteiger partial charge in [-0.1, -0.05) is 6.07 Å². The van der Waals surface area contributed by atoms with Crippen molar-refractivity contribution in [1.29, 1.82) is 0 Å². The van der Waals surface area contributed by atoms with E-state index in [1.54, 1.807) is 17.0 Å². The molecule has 0 spiro atoms. The molecule has 0 fully saturated rings. The van der Waals surface area contributed by atoms with Gasteiger partial charge in [-0.25, -0.2) is 4.79 Å². The molecule has 1 aromatic carbocycles. The Labute approximate surface area is 158 Å². The summed E-state index contributed by atoms with van der Waals surface area (Å²) in [6, 6.07) is 5.43. The van der Waals surface area contributed by atoms with Crippen LogP contribution in [0.1, 0.15) is 48.1 Å². The van der Waals surface area contributed by atoms with Gasteiger partial charge >= 0.3 is 6.09 Å². The number of aromatic nitrogens is 2. The van der Waals surface area contributed by atoms with Crippen molar-refractivity contribution in [3.8, 4) is 0 Å². The second kappa shape index (κ2) is 6.94.